The molecule has 1 aromatic carbocycles. The lowest BCUT2D eigenvalue weighted by atomic mass is 9.78. The Balaban J connectivity index is 1.47. The molecule has 0 atom stereocenters. The number of aryl methyl sites for hydroxylation is 1. The van der Waals surface area contributed by atoms with E-state index >= 15 is 0 Å². The van der Waals surface area contributed by atoms with Crippen molar-refractivity contribution in [2.24, 2.45) is 17.8 Å². The van der Waals surface area contributed by atoms with Crippen LogP contribution in [0.25, 0.3) is 10.4 Å². The molecule has 210 valence electrons. The van der Waals surface area contributed by atoms with Crippen LogP contribution >= 0.6 is 11.5 Å². The number of methoxy groups -OCH3 is 1. The summed E-state index contributed by atoms with van der Waals surface area (Å²) in [6, 6.07) is 10.5. The number of nitrogens with zero attached hydrogens (tertiary/aromatic N) is 2. The van der Waals surface area contributed by atoms with Crippen LogP contribution in [0.4, 0.5) is 5.69 Å². The Hall–Kier alpha value is -2.70. The van der Waals surface area contributed by atoms with Gasteiger partial charge in [0.15, 0.2) is 0 Å². The number of amides is 1. The van der Waals surface area contributed by atoms with Crippen molar-refractivity contribution in [2.75, 3.05) is 18.6 Å². The molecule has 4 rings (SSSR count). The van der Waals surface area contributed by atoms with Crippen molar-refractivity contribution in [2.45, 2.75) is 78.2 Å². The van der Waals surface area contributed by atoms with Crippen molar-refractivity contribution in [3.8, 4) is 10.4 Å². The molecule has 1 heterocycles. The minimum Gasteiger partial charge on any atom is -0.497 e. The van der Waals surface area contributed by atoms with Crippen LogP contribution in [0.15, 0.2) is 66.0 Å². The van der Waals surface area contributed by atoms with Gasteiger partial charge in [-0.05, 0) is 131 Å². The van der Waals surface area contributed by atoms with Gasteiger partial charge in [-0.3, -0.25) is 4.79 Å². The Morgan fingerprint density at radius 2 is 1.77 bits per heavy atom. The Bertz CT molecular complexity index is 1190. The lowest BCUT2D eigenvalue weighted by Crippen LogP contribution is -2.42. The first kappa shape index (κ1) is 29.3. The summed E-state index contributed by atoms with van der Waals surface area (Å²) in [5.41, 5.74) is 5.40. The van der Waals surface area contributed by atoms with Gasteiger partial charge in [0.25, 0.3) is 0 Å². The van der Waals surface area contributed by atoms with Crippen LogP contribution in [-0.2, 0) is 9.53 Å². The standard InChI is InChI=1S/C33H44N2O3S/c1-22(2)31(38-5)18-9-23(3)26-12-10-25(11-13-26)21-35(33(37)27-14-16-30(36)17-15-27)29-8-6-7-28(20-29)32-19-24(4)34-39-32/h6-9,18-20,25-27,30,36H,3,10-17,21H2,1-2,4-5H3/b18-9-/t25-,26-,27-,30-. The number of anilines is 1. The first-order valence-corrected chi connectivity index (χ1v) is 15.1. The molecule has 2 saturated carbocycles. The summed E-state index contributed by atoms with van der Waals surface area (Å²) >= 11 is 1.50. The quantitative estimate of drug-likeness (QED) is 0.256. The number of aromatic nitrogens is 1. The second kappa shape index (κ2) is 13.6. The third kappa shape index (κ3) is 7.70. The molecule has 2 aromatic rings. The van der Waals surface area contributed by atoms with Gasteiger partial charge in [-0.2, -0.15) is 4.37 Å². The molecule has 0 aliphatic heterocycles. The van der Waals surface area contributed by atoms with E-state index in [0.717, 1.165) is 83.8 Å². The van der Waals surface area contributed by atoms with Crippen LogP contribution in [0.2, 0.25) is 0 Å². The van der Waals surface area contributed by atoms with Crippen molar-refractivity contribution in [3.05, 3.63) is 71.7 Å². The summed E-state index contributed by atoms with van der Waals surface area (Å²) in [6.45, 7) is 11.2. The molecule has 1 aromatic heterocycles. The molecule has 0 unspecified atom stereocenters. The monoisotopic (exact) mass is 548 g/mol. The number of aliphatic hydroxyl groups is 1. The van der Waals surface area contributed by atoms with E-state index in [0.29, 0.717) is 24.7 Å². The van der Waals surface area contributed by atoms with Gasteiger partial charge in [0.05, 0.1) is 23.8 Å². The molecule has 39 heavy (non-hydrogen) atoms. The summed E-state index contributed by atoms with van der Waals surface area (Å²) in [4.78, 5) is 17.1. The summed E-state index contributed by atoms with van der Waals surface area (Å²) in [5, 5.41) is 10.0. The van der Waals surface area contributed by atoms with Crippen LogP contribution in [0.1, 0.15) is 70.9 Å². The van der Waals surface area contributed by atoms with Crippen LogP contribution in [-0.4, -0.2) is 35.1 Å². The fourth-order valence-electron chi connectivity index (χ4n) is 5.92. The molecular weight excluding hydrogens is 504 g/mol. The van der Waals surface area contributed by atoms with Crippen LogP contribution < -0.4 is 4.90 Å². The third-order valence-electron chi connectivity index (χ3n) is 8.36. The second-order valence-electron chi connectivity index (χ2n) is 11.5. The molecule has 2 fully saturated rings. The fourth-order valence-corrected chi connectivity index (χ4v) is 6.67. The summed E-state index contributed by atoms with van der Waals surface area (Å²) in [7, 11) is 1.71. The summed E-state index contributed by atoms with van der Waals surface area (Å²) in [5.74, 6) is 2.01. The number of carbonyl (C=O) groups is 1. The van der Waals surface area contributed by atoms with Gasteiger partial charge in [0.2, 0.25) is 5.91 Å². The molecule has 2 aliphatic carbocycles. The smallest absolute Gasteiger partial charge is 0.230 e. The molecule has 0 saturated heterocycles. The highest BCUT2D eigenvalue weighted by atomic mass is 32.1. The molecular formula is C33H44N2O3S. The van der Waals surface area contributed by atoms with Crippen molar-refractivity contribution in [1.29, 1.82) is 0 Å². The number of hydrogen-bond acceptors (Lipinski definition) is 5. The lowest BCUT2D eigenvalue weighted by molar-refractivity contribution is -0.124. The van der Waals surface area contributed by atoms with Gasteiger partial charge >= 0.3 is 0 Å². The molecule has 1 amide bonds. The Morgan fingerprint density at radius 1 is 1.08 bits per heavy atom. The highest BCUT2D eigenvalue weighted by Gasteiger charge is 2.32. The van der Waals surface area contributed by atoms with Crippen molar-refractivity contribution >= 4 is 23.1 Å². The first-order valence-electron chi connectivity index (χ1n) is 14.4. The molecule has 1 N–H and O–H groups in total. The number of ether oxygens (including phenoxy) is 1. The number of benzene rings is 1. The number of allylic oxidation sites excluding steroid dienone is 4. The van der Waals surface area contributed by atoms with E-state index < -0.39 is 0 Å². The number of rotatable bonds is 9. The predicted octanol–water partition coefficient (Wildman–Crippen LogP) is 7.86. The van der Waals surface area contributed by atoms with E-state index in [1.807, 2.05) is 26.8 Å². The van der Waals surface area contributed by atoms with E-state index in [-0.39, 0.29) is 17.9 Å². The minimum atomic E-state index is -0.269. The predicted molar refractivity (Wildman–Crippen MR) is 162 cm³/mol. The van der Waals surface area contributed by atoms with E-state index in [2.05, 4.69) is 52.3 Å². The molecule has 5 nitrogen and oxygen atoms in total. The fraction of sp³-hybridized carbons (Fsp3) is 0.515. The Morgan fingerprint density at radius 3 is 2.38 bits per heavy atom. The van der Waals surface area contributed by atoms with Crippen molar-refractivity contribution < 1.29 is 14.6 Å². The zero-order valence-corrected chi connectivity index (χ0v) is 24.8. The average Bonchev–Trinajstić information content (AvgIpc) is 3.38. The maximum Gasteiger partial charge on any atom is 0.230 e. The maximum atomic E-state index is 13.9. The highest BCUT2D eigenvalue weighted by Crippen LogP contribution is 2.37. The summed E-state index contributed by atoms with van der Waals surface area (Å²) in [6.07, 6.45) is 11.2. The van der Waals surface area contributed by atoms with Gasteiger partial charge in [-0.1, -0.05) is 30.4 Å². The van der Waals surface area contributed by atoms with Crippen LogP contribution in [0, 0.1) is 24.7 Å². The van der Waals surface area contributed by atoms with Crippen LogP contribution in [0.5, 0.6) is 0 Å². The molecule has 6 heteroatoms. The summed E-state index contributed by atoms with van der Waals surface area (Å²) < 4.78 is 9.92. The third-order valence-corrected chi connectivity index (χ3v) is 9.29. The van der Waals surface area contributed by atoms with Gasteiger partial charge in [0, 0.05) is 18.2 Å². The van der Waals surface area contributed by atoms with Crippen molar-refractivity contribution in [1.82, 2.24) is 4.37 Å². The Kier molecular flexibility index (Phi) is 10.2. The van der Waals surface area contributed by atoms with Gasteiger partial charge in [-0.25, -0.2) is 0 Å². The first-order chi connectivity index (χ1) is 18.7. The van der Waals surface area contributed by atoms with E-state index in [4.69, 9.17) is 4.74 Å². The second-order valence-corrected chi connectivity index (χ2v) is 12.3. The van der Waals surface area contributed by atoms with Gasteiger partial charge < -0.3 is 14.7 Å². The van der Waals surface area contributed by atoms with Crippen molar-refractivity contribution in [3.63, 3.8) is 0 Å². The Labute approximate surface area is 238 Å². The number of aliphatic hydroxyl groups excluding tert-OH is 1. The van der Waals surface area contributed by atoms with E-state index in [1.54, 1.807) is 7.11 Å². The average molecular weight is 549 g/mol. The number of carbonyl (C=O) groups excluding carboxylic acids is 1. The largest absolute Gasteiger partial charge is 0.497 e. The van der Waals surface area contributed by atoms with Crippen LogP contribution in [0.3, 0.4) is 0 Å². The SMILES string of the molecule is C=C(/C=C\C(OC)=C(C)C)[C@H]1CC[C@H](CN(c2cccc(-c3cc(C)ns3)c2)C(=O)[C@H]2CC[C@H](O)CC2)CC1. The zero-order valence-electron chi connectivity index (χ0n) is 24.0. The van der Waals surface area contributed by atoms with E-state index in [9.17, 15) is 9.90 Å². The van der Waals surface area contributed by atoms with Gasteiger partial charge in [0.1, 0.15) is 5.76 Å². The molecule has 0 radical (unpaired) electrons. The normalized spacial score (nSPS) is 23.4. The lowest BCUT2D eigenvalue weighted by Gasteiger charge is -2.36. The van der Waals surface area contributed by atoms with E-state index in [1.165, 1.54) is 11.5 Å². The topological polar surface area (TPSA) is 62.7 Å². The molecule has 2 aliphatic rings. The maximum absolute atomic E-state index is 13.9. The van der Waals surface area contributed by atoms with Gasteiger partial charge in [-0.15, -0.1) is 0 Å². The molecule has 0 spiro atoms. The minimum absolute atomic E-state index is 0.0194. The highest BCUT2D eigenvalue weighted by molar-refractivity contribution is 7.09. The number of hydrogen-bond donors (Lipinski definition) is 1. The zero-order chi connectivity index (χ0) is 27.9. The molecule has 0 bridgehead atoms.